The smallest absolute Gasteiger partial charge is 0.0709 e. The maximum absolute atomic E-state index is 6.15. The standard InChI is InChI=1S/C10H19BrN4/c1-7(2)15-10(8(11)5-13-15)9(12)6-14(3)4/h5,7,9H,6,12H2,1-4H3. The van der Waals surface area contributed by atoms with Gasteiger partial charge in [0.15, 0.2) is 0 Å². The second-order valence-corrected chi connectivity index (χ2v) is 5.14. The molecule has 86 valence electrons. The summed E-state index contributed by atoms with van der Waals surface area (Å²) in [4.78, 5) is 2.08. The van der Waals surface area contributed by atoms with Gasteiger partial charge in [-0.05, 0) is 43.9 Å². The Morgan fingerprint density at radius 1 is 1.53 bits per heavy atom. The number of halogens is 1. The molecule has 1 aromatic heterocycles. The number of nitrogens with zero attached hydrogens (tertiary/aromatic N) is 3. The van der Waals surface area contributed by atoms with Gasteiger partial charge < -0.3 is 10.6 Å². The van der Waals surface area contributed by atoms with E-state index < -0.39 is 0 Å². The van der Waals surface area contributed by atoms with Gasteiger partial charge in [0.05, 0.1) is 22.4 Å². The third-order valence-electron chi connectivity index (χ3n) is 2.19. The van der Waals surface area contributed by atoms with E-state index in [1.54, 1.807) is 0 Å². The molecule has 0 aliphatic heterocycles. The van der Waals surface area contributed by atoms with E-state index in [-0.39, 0.29) is 6.04 Å². The lowest BCUT2D eigenvalue weighted by molar-refractivity contribution is 0.360. The van der Waals surface area contributed by atoms with Crippen LogP contribution >= 0.6 is 15.9 Å². The summed E-state index contributed by atoms with van der Waals surface area (Å²) in [6, 6.07) is 0.318. The maximum Gasteiger partial charge on any atom is 0.0709 e. The Morgan fingerprint density at radius 2 is 2.13 bits per heavy atom. The van der Waals surface area contributed by atoms with Crippen LogP contribution in [0, 0.1) is 0 Å². The minimum atomic E-state index is -0.0146. The first-order chi connectivity index (χ1) is 6.93. The molecular formula is C10H19BrN4. The van der Waals surface area contributed by atoms with Crippen LogP contribution in [0.25, 0.3) is 0 Å². The van der Waals surface area contributed by atoms with E-state index in [1.807, 2.05) is 25.0 Å². The Balaban J connectivity index is 2.95. The first-order valence-corrected chi connectivity index (χ1v) is 5.86. The highest BCUT2D eigenvalue weighted by molar-refractivity contribution is 9.10. The molecule has 0 saturated heterocycles. The van der Waals surface area contributed by atoms with E-state index in [0.29, 0.717) is 6.04 Å². The fourth-order valence-corrected chi connectivity index (χ4v) is 2.16. The predicted molar refractivity (Wildman–Crippen MR) is 65.8 cm³/mol. The molecule has 0 amide bonds. The zero-order valence-electron chi connectivity index (χ0n) is 9.74. The molecule has 2 N–H and O–H groups in total. The van der Waals surface area contributed by atoms with Crippen molar-refractivity contribution in [3.8, 4) is 0 Å². The number of likely N-dealkylation sites (N-methyl/N-ethyl adjacent to an activating group) is 1. The second-order valence-electron chi connectivity index (χ2n) is 4.28. The first-order valence-electron chi connectivity index (χ1n) is 5.06. The van der Waals surface area contributed by atoms with Crippen LogP contribution < -0.4 is 5.73 Å². The van der Waals surface area contributed by atoms with Crippen molar-refractivity contribution in [3.63, 3.8) is 0 Å². The van der Waals surface area contributed by atoms with E-state index in [2.05, 4.69) is 39.8 Å². The van der Waals surface area contributed by atoms with Gasteiger partial charge in [-0.15, -0.1) is 0 Å². The highest BCUT2D eigenvalue weighted by atomic mass is 79.9. The van der Waals surface area contributed by atoms with Crippen molar-refractivity contribution in [2.24, 2.45) is 5.73 Å². The lowest BCUT2D eigenvalue weighted by Gasteiger charge is -2.20. The van der Waals surface area contributed by atoms with Crippen LogP contribution in [0.3, 0.4) is 0 Å². The van der Waals surface area contributed by atoms with Gasteiger partial charge in [-0.3, -0.25) is 4.68 Å². The molecule has 0 bridgehead atoms. The third-order valence-corrected chi connectivity index (χ3v) is 2.80. The van der Waals surface area contributed by atoms with E-state index in [1.165, 1.54) is 0 Å². The fraction of sp³-hybridized carbons (Fsp3) is 0.700. The van der Waals surface area contributed by atoms with Crippen molar-refractivity contribution in [2.45, 2.75) is 25.9 Å². The zero-order chi connectivity index (χ0) is 11.6. The summed E-state index contributed by atoms with van der Waals surface area (Å²) in [7, 11) is 4.04. The highest BCUT2D eigenvalue weighted by Gasteiger charge is 2.18. The predicted octanol–water partition coefficient (Wildman–Crippen LogP) is 1.79. The van der Waals surface area contributed by atoms with Crippen LogP contribution in [0.4, 0.5) is 0 Å². The molecule has 15 heavy (non-hydrogen) atoms. The Labute approximate surface area is 99.6 Å². The van der Waals surface area contributed by atoms with Gasteiger partial charge in [-0.25, -0.2) is 0 Å². The van der Waals surface area contributed by atoms with Crippen molar-refractivity contribution < 1.29 is 0 Å². The van der Waals surface area contributed by atoms with Crippen molar-refractivity contribution in [1.82, 2.24) is 14.7 Å². The normalized spacial score (nSPS) is 13.9. The van der Waals surface area contributed by atoms with Crippen molar-refractivity contribution >= 4 is 15.9 Å². The molecule has 1 aromatic rings. The Bertz CT molecular complexity index is 319. The van der Waals surface area contributed by atoms with Gasteiger partial charge in [0.2, 0.25) is 0 Å². The van der Waals surface area contributed by atoms with Crippen molar-refractivity contribution in [1.29, 1.82) is 0 Å². The molecule has 0 aromatic carbocycles. The summed E-state index contributed by atoms with van der Waals surface area (Å²) in [6.45, 7) is 5.02. The van der Waals surface area contributed by atoms with Crippen LogP contribution in [-0.2, 0) is 0 Å². The lowest BCUT2D eigenvalue weighted by Crippen LogP contribution is -2.28. The van der Waals surface area contributed by atoms with Gasteiger partial charge >= 0.3 is 0 Å². The summed E-state index contributed by atoms with van der Waals surface area (Å²) >= 11 is 3.49. The van der Waals surface area contributed by atoms with E-state index in [0.717, 1.165) is 16.7 Å². The molecule has 0 aliphatic rings. The fourth-order valence-electron chi connectivity index (χ4n) is 1.59. The van der Waals surface area contributed by atoms with Gasteiger partial charge in [0.25, 0.3) is 0 Å². The van der Waals surface area contributed by atoms with Gasteiger partial charge in [0.1, 0.15) is 0 Å². The van der Waals surface area contributed by atoms with Crippen LogP contribution in [0.1, 0.15) is 31.6 Å². The summed E-state index contributed by atoms with van der Waals surface area (Å²) in [5.41, 5.74) is 7.22. The number of rotatable bonds is 4. The maximum atomic E-state index is 6.15. The topological polar surface area (TPSA) is 47.1 Å². The largest absolute Gasteiger partial charge is 0.322 e. The van der Waals surface area contributed by atoms with Crippen LogP contribution in [0.2, 0.25) is 0 Å². The van der Waals surface area contributed by atoms with E-state index >= 15 is 0 Å². The summed E-state index contributed by atoms with van der Waals surface area (Å²) < 4.78 is 2.96. The average molecular weight is 275 g/mol. The van der Waals surface area contributed by atoms with Crippen molar-refractivity contribution in [3.05, 3.63) is 16.4 Å². The van der Waals surface area contributed by atoms with Gasteiger partial charge in [0, 0.05) is 12.6 Å². The molecule has 1 rings (SSSR count). The molecule has 5 heteroatoms. The SMILES string of the molecule is CC(C)n1ncc(Br)c1C(N)CN(C)C. The monoisotopic (exact) mass is 274 g/mol. The summed E-state index contributed by atoms with van der Waals surface area (Å²) in [5.74, 6) is 0. The van der Waals surface area contributed by atoms with E-state index in [4.69, 9.17) is 5.73 Å². The second kappa shape index (κ2) is 5.09. The molecular weight excluding hydrogens is 256 g/mol. The van der Waals surface area contributed by atoms with E-state index in [9.17, 15) is 0 Å². The lowest BCUT2D eigenvalue weighted by atomic mass is 10.2. The Hall–Kier alpha value is -0.390. The zero-order valence-corrected chi connectivity index (χ0v) is 11.3. The first kappa shape index (κ1) is 12.7. The minimum absolute atomic E-state index is 0.0146. The average Bonchev–Trinajstić information content (AvgIpc) is 2.45. The highest BCUT2D eigenvalue weighted by Crippen LogP contribution is 2.24. The summed E-state index contributed by atoms with van der Waals surface area (Å²) in [6.07, 6.45) is 1.81. The number of nitrogens with two attached hydrogens (primary N) is 1. The molecule has 0 spiro atoms. The molecule has 0 fully saturated rings. The molecule has 1 unspecified atom stereocenters. The summed E-state index contributed by atoms with van der Waals surface area (Å²) in [5, 5.41) is 4.31. The number of aromatic nitrogens is 2. The Kier molecular flexibility index (Phi) is 4.31. The molecule has 4 nitrogen and oxygen atoms in total. The van der Waals surface area contributed by atoms with Gasteiger partial charge in [-0.1, -0.05) is 0 Å². The van der Waals surface area contributed by atoms with Crippen molar-refractivity contribution in [2.75, 3.05) is 20.6 Å². The van der Waals surface area contributed by atoms with Gasteiger partial charge in [-0.2, -0.15) is 5.10 Å². The van der Waals surface area contributed by atoms with Crippen LogP contribution in [-0.4, -0.2) is 35.3 Å². The number of hydrogen-bond donors (Lipinski definition) is 1. The molecule has 0 aliphatic carbocycles. The molecule has 0 saturated carbocycles. The molecule has 0 radical (unpaired) electrons. The number of hydrogen-bond acceptors (Lipinski definition) is 3. The third kappa shape index (κ3) is 3.03. The quantitative estimate of drug-likeness (QED) is 0.911. The van der Waals surface area contributed by atoms with Crippen LogP contribution in [0.5, 0.6) is 0 Å². The Morgan fingerprint density at radius 3 is 2.60 bits per heavy atom. The molecule has 1 heterocycles. The minimum Gasteiger partial charge on any atom is -0.322 e. The van der Waals surface area contributed by atoms with Crippen LogP contribution in [0.15, 0.2) is 10.7 Å². The molecule has 1 atom stereocenters.